The van der Waals surface area contributed by atoms with Crippen LogP contribution in [-0.4, -0.2) is 10.8 Å². The van der Waals surface area contributed by atoms with Crippen molar-refractivity contribution in [3.8, 4) is 11.6 Å². The summed E-state index contributed by atoms with van der Waals surface area (Å²) in [7, 11) is 0. The number of aromatic nitrogens is 1. The molecular weight excluding hydrogens is 354 g/mol. The Kier molecular flexibility index (Phi) is 3.87. The van der Waals surface area contributed by atoms with E-state index in [1.807, 2.05) is 12.1 Å². The van der Waals surface area contributed by atoms with Crippen LogP contribution in [0.25, 0.3) is 0 Å². The van der Waals surface area contributed by atoms with Gasteiger partial charge in [0, 0.05) is 10.2 Å². The number of ether oxygens (including phenoxy) is 1. The van der Waals surface area contributed by atoms with Gasteiger partial charge in [0.05, 0.1) is 10.6 Å². The molecule has 0 saturated heterocycles. The average Bonchev–Trinajstić information content (AvgIpc) is 2.89. The van der Waals surface area contributed by atoms with E-state index in [2.05, 4.69) is 20.9 Å². The predicted octanol–water partition coefficient (Wildman–Crippen LogP) is 4.06. The molecule has 0 unspecified atom stereocenters. The number of pyridine rings is 1. The van der Waals surface area contributed by atoms with Crippen LogP contribution in [0.5, 0.6) is 11.6 Å². The number of benzene rings is 1. The van der Waals surface area contributed by atoms with Crippen LogP contribution in [0.2, 0.25) is 5.02 Å². The zero-order valence-electron chi connectivity index (χ0n) is 11.1. The third-order valence-corrected chi connectivity index (χ3v) is 4.21. The van der Waals surface area contributed by atoms with Crippen LogP contribution in [0.15, 0.2) is 28.7 Å². The maximum atomic E-state index is 7.72. The number of hydrogen-bond donors (Lipinski definition) is 2. The molecule has 1 aliphatic carbocycles. The van der Waals surface area contributed by atoms with Crippen molar-refractivity contribution in [1.29, 1.82) is 5.41 Å². The van der Waals surface area contributed by atoms with Crippen molar-refractivity contribution in [1.82, 2.24) is 4.98 Å². The van der Waals surface area contributed by atoms with Gasteiger partial charge in [0.25, 0.3) is 0 Å². The van der Waals surface area contributed by atoms with Crippen molar-refractivity contribution >= 4 is 33.4 Å². The van der Waals surface area contributed by atoms with Gasteiger partial charge in [0.1, 0.15) is 11.6 Å². The summed E-state index contributed by atoms with van der Waals surface area (Å²) in [6.45, 7) is 0. The molecule has 0 spiro atoms. The van der Waals surface area contributed by atoms with Crippen molar-refractivity contribution in [2.45, 2.75) is 19.3 Å². The van der Waals surface area contributed by atoms with Crippen LogP contribution >= 0.6 is 27.5 Å². The molecule has 1 aromatic carbocycles. The predicted molar refractivity (Wildman–Crippen MR) is 86.5 cm³/mol. The number of halogens is 2. The Balaban J connectivity index is 2.05. The van der Waals surface area contributed by atoms with Crippen LogP contribution in [-0.2, 0) is 12.8 Å². The minimum atomic E-state index is -0.0571. The van der Waals surface area contributed by atoms with Crippen LogP contribution in [0.4, 0.5) is 0 Å². The summed E-state index contributed by atoms with van der Waals surface area (Å²) in [4.78, 5) is 4.52. The third-order valence-electron chi connectivity index (χ3n) is 3.41. The molecule has 1 heterocycles. The molecule has 0 atom stereocenters. The smallest absolute Gasteiger partial charge is 0.230 e. The lowest BCUT2D eigenvalue weighted by atomic mass is 10.1. The van der Waals surface area contributed by atoms with Gasteiger partial charge in [-0.2, -0.15) is 0 Å². The van der Waals surface area contributed by atoms with Gasteiger partial charge in [-0.15, -0.1) is 0 Å². The molecular formula is C15H13BrClN3O. The maximum absolute atomic E-state index is 7.72. The van der Waals surface area contributed by atoms with E-state index in [1.165, 1.54) is 0 Å². The van der Waals surface area contributed by atoms with Crippen LogP contribution in [0, 0.1) is 5.41 Å². The Bertz CT molecular complexity index is 733. The van der Waals surface area contributed by atoms with E-state index in [4.69, 9.17) is 27.5 Å². The Labute approximate surface area is 135 Å². The average molecular weight is 367 g/mol. The van der Waals surface area contributed by atoms with E-state index in [9.17, 15) is 0 Å². The molecule has 4 nitrogen and oxygen atoms in total. The van der Waals surface area contributed by atoms with Crippen molar-refractivity contribution < 1.29 is 4.74 Å². The zero-order chi connectivity index (χ0) is 15.0. The largest absolute Gasteiger partial charge is 0.437 e. The topological polar surface area (TPSA) is 72.0 Å². The highest BCUT2D eigenvalue weighted by atomic mass is 79.9. The van der Waals surface area contributed by atoms with Gasteiger partial charge >= 0.3 is 0 Å². The Hall–Kier alpha value is -1.59. The second-order valence-corrected chi connectivity index (χ2v) is 6.21. The quantitative estimate of drug-likeness (QED) is 0.635. The van der Waals surface area contributed by atoms with Gasteiger partial charge in [0.2, 0.25) is 5.88 Å². The molecule has 0 saturated carbocycles. The summed E-state index contributed by atoms with van der Waals surface area (Å²) in [5.41, 5.74) is 8.32. The molecule has 3 rings (SSSR count). The lowest BCUT2D eigenvalue weighted by Gasteiger charge is -2.12. The summed E-state index contributed by atoms with van der Waals surface area (Å²) in [6, 6.07) is 7.24. The van der Waals surface area contributed by atoms with E-state index in [-0.39, 0.29) is 5.84 Å². The molecule has 2 aromatic rings. The van der Waals surface area contributed by atoms with Crippen molar-refractivity contribution in [3.05, 3.63) is 50.6 Å². The molecule has 3 N–H and O–H groups in total. The summed E-state index contributed by atoms with van der Waals surface area (Å²) in [5.74, 6) is 0.764. The molecule has 6 heteroatoms. The first-order valence-corrected chi connectivity index (χ1v) is 7.72. The maximum Gasteiger partial charge on any atom is 0.230 e. The highest BCUT2D eigenvalue weighted by molar-refractivity contribution is 9.10. The number of fused-ring (bicyclic) bond motifs is 1. The van der Waals surface area contributed by atoms with E-state index in [0.717, 1.165) is 35.0 Å². The third kappa shape index (κ3) is 2.89. The number of hydrogen-bond acceptors (Lipinski definition) is 3. The Morgan fingerprint density at radius 3 is 2.90 bits per heavy atom. The van der Waals surface area contributed by atoms with Crippen LogP contribution in [0.3, 0.4) is 0 Å². The molecule has 0 amide bonds. The van der Waals surface area contributed by atoms with E-state index >= 15 is 0 Å². The Morgan fingerprint density at radius 2 is 2.14 bits per heavy atom. The first-order chi connectivity index (χ1) is 10.0. The number of amidine groups is 1. The molecule has 1 aromatic heterocycles. The normalized spacial score (nSPS) is 13.0. The molecule has 108 valence electrons. The summed E-state index contributed by atoms with van der Waals surface area (Å²) in [5, 5.41) is 8.20. The number of aryl methyl sites for hydroxylation is 2. The second-order valence-electron chi connectivity index (χ2n) is 4.89. The zero-order valence-corrected chi connectivity index (χ0v) is 13.5. The fraction of sp³-hybridized carbons (Fsp3) is 0.200. The molecule has 0 aliphatic heterocycles. The number of nitrogens with one attached hydrogen (secondary N) is 1. The molecule has 0 radical (unpaired) electrons. The van der Waals surface area contributed by atoms with Crippen molar-refractivity contribution in [2.24, 2.45) is 5.73 Å². The lowest BCUT2D eigenvalue weighted by Crippen LogP contribution is -2.14. The first kappa shape index (κ1) is 14.4. The summed E-state index contributed by atoms with van der Waals surface area (Å²) < 4.78 is 6.67. The fourth-order valence-corrected chi connectivity index (χ4v) is 2.88. The minimum absolute atomic E-state index is 0.0571. The SMILES string of the molecule is N=C(N)c1cc2c(nc1Oc1cc(Br)ccc1Cl)CCC2. The first-order valence-electron chi connectivity index (χ1n) is 6.54. The molecule has 21 heavy (non-hydrogen) atoms. The van der Waals surface area contributed by atoms with Gasteiger partial charge in [-0.1, -0.05) is 27.5 Å². The van der Waals surface area contributed by atoms with E-state index in [1.54, 1.807) is 12.1 Å². The molecule has 0 bridgehead atoms. The van der Waals surface area contributed by atoms with Gasteiger partial charge in [-0.05, 0) is 49.1 Å². The highest BCUT2D eigenvalue weighted by Crippen LogP contribution is 2.34. The number of nitrogens with zero attached hydrogens (tertiary/aromatic N) is 1. The van der Waals surface area contributed by atoms with Gasteiger partial charge in [0.15, 0.2) is 0 Å². The number of rotatable bonds is 3. The van der Waals surface area contributed by atoms with Crippen LogP contribution < -0.4 is 10.5 Å². The molecule has 1 aliphatic rings. The Morgan fingerprint density at radius 1 is 1.33 bits per heavy atom. The number of nitrogens with two attached hydrogens (primary N) is 1. The van der Waals surface area contributed by atoms with Gasteiger partial charge < -0.3 is 10.5 Å². The molecule has 0 fully saturated rings. The highest BCUT2D eigenvalue weighted by Gasteiger charge is 2.19. The minimum Gasteiger partial charge on any atom is -0.437 e. The van der Waals surface area contributed by atoms with E-state index in [0.29, 0.717) is 22.2 Å². The van der Waals surface area contributed by atoms with Gasteiger partial charge in [-0.25, -0.2) is 4.98 Å². The van der Waals surface area contributed by atoms with Crippen molar-refractivity contribution in [2.75, 3.05) is 0 Å². The number of nitrogen functional groups attached to an aromatic ring is 1. The monoisotopic (exact) mass is 365 g/mol. The lowest BCUT2D eigenvalue weighted by molar-refractivity contribution is 0.459. The second kappa shape index (κ2) is 5.66. The standard InChI is InChI=1S/C15H13BrClN3O/c16-9-4-5-11(17)13(7-9)21-15-10(14(18)19)6-8-2-1-3-12(8)20-15/h4-7H,1-3H2,(H3,18,19). The fourth-order valence-electron chi connectivity index (χ4n) is 2.38. The van der Waals surface area contributed by atoms with E-state index < -0.39 is 0 Å². The van der Waals surface area contributed by atoms with Crippen LogP contribution in [0.1, 0.15) is 23.2 Å². The van der Waals surface area contributed by atoms with Crippen molar-refractivity contribution in [3.63, 3.8) is 0 Å². The summed E-state index contributed by atoms with van der Waals surface area (Å²) >= 11 is 9.52. The van der Waals surface area contributed by atoms with Gasteiger partial charge in [-0.3, -0.25) is 5.41 Å². The summed E-state index contributed by atoms with van der Waals surface area (Å²) in [6.07, 6.45) is 2.97.